The Morgan fingerprint density at radius 3 is 2.25 bits per heavy atom. The fraction of sp³-hybridized carbons (Fsp3) is 0.647. The molecule has 1 fully saturated rings. The SMILES string of the molecule is CC(C)(C)C1CCC(C(N)c2cc(F)ccc2F)CC1. The number of nitrogens with two attached hydrogens (primary N) is 1. The summed E-state index contributed by atoms with van der Waals surface area (Å²) in [6, 6.07) is 3.16. The Kier molecular flexibility index (Phi) is 4.48. The minimum Gasteiger partial charge on any atom is -0.324 e. The zero-order chi connectivity index (χ0) is 14.9. The fourth-order valence-electron chi connectivity index (χ4n) is 3.37. The van der Waals surface area contributed by atoms with Gasteiger partial charge in [-0.2, -0.15) is 0 Å². The Hall–Kier alpha value is -0.960. The van der Waals surface area contributed by atoms with Gasteiger partial charge in [0.1, 0.15) is 11.6 Å². The summed E-state index contributed by atoms with van der Waals surface area (Å²) in [6.07, 6.45) is 4.25. The second kappa shape index (κ2) is 5.80. The lowest BCUT2D eigenvalue weighted by Gasteiger charge is -2.38. The Balaban J connectivity index is 2.05. The topological polar surface area (TPSA) is 26.0 Å². The lowest BCUT2D eigenvalue weighted by atomic mass is 9.68. The van der Waals surface area contributed by atoms with Gasteiger partial charge in [0.15, 0.2) is 0 Å². The normalized spacial score (nSPS) is 25.5. The molecule has 0 radical (unpaired) electrons. The van der Waals surface area contributed by atoms with Gasteiger partial charge in [-0.15, -0.1) is 0 Å². The smallest absolute Gasteiger partial charge is 0.128 e. The molecule has 1 aromatic rings. The van der Waals surface area contributed by atoms with Crippen molar-refractivity contribution >= 4 is 0 Å². The Morgan fingerprint density at radius 2 is 1.70 bits per heavy atom. The first-order valence-electron chi connectivity index (χ1n) is 7.49. The maximum atomic E-state index is 13.8. The summed E-state index contributed by atoms with van der Waals surface area (Å²) in [6.45, 7) is 6.80. The average Bonchev–Trinajstić information content (AvgIpc) is 2.40. The van der Waals surface area contributed by atoms with Gasteiger partial charge >= 0.3 is 0 Å². The van der Waals surface area contributed by atoms with Gasteiger partial charge in [-0.25, -0.2) is 8.78 Å². The van der Waals surface area contributed by atoms with Crippen LogP contribution < -0.4 is 5.73 Å². The first-order chi connectivity index (χ1) is 9.29. The van der Waals surface area contributed by atoms with Crippen LogP contribution in [-0.2, 0) is 0 Å². The van der Waals surface area contributed by atoms with Crippen LogP contribution in [0, 0.1) is 28.9 Å². The summed E-state index contributed by atoms with van der Waals surface area (Å²) in [4.78, 5) is 0. The highest BCUT2D eigenvalue weighted by molar-refractivity contribution is 5.22. The highest BCUT2D eigenvalue weighted by atomic mass is 19.1. The Bertz CT molecular complexity index is 457. The number of halogens is 2. The lowest BCUT2D eigenvalue weighted by molar-refractivity contribution is 0.139. The van der Waals surface area contributed by atoms with E-state index in [1.165, 1.54) is 12.1 Å². The van der Waals surface area contributed by atoms with Gasteiger partial charge in [-0.3, -0.25) is 0 Å². The van der Waals surface area contributed by atoms with Gasteiger partial charge in [0.2, 0.25) is 0 Å². The Morgan fingerprint density at radius 1 is 1.10 bits per heavy atom. The molecule has 0 heterocycles. The van der Waals surface area contributed by atoms with E-state index >= 15 is 0 Å². The highest BCUT2D eigenvalue weighted by Gasteiger charge is 2.32. The quantitative estimate of drug-likeness (QED) is 0.826. The van der Waals surface area contributed by atoms with E-state index in [4.69, 9.17) is 5.73 Å². The molecule has 1 nitrogen and oxygen atoms in total. The van der Waals surface area contributed by atoms with Crippen LogP contribution in [0.25, 0.3) is 0 Å². The van der Waals surface area contributed by atoms with Gasteiger partial charge in [0.25, 0.3) is 0 Å². The van der Waals surface area contributed by atoms with Gasteiger partial charge < -0.3 is 5.73 Å². The van der Waals surface area contributed by atoms with Gasteiger partial charge in [-0.1, -0.05) is 20.8 Å². The van der Waals surface area contributed by atoms with E-state index in [2.05, 4.69) is 20.8 Å². The largest absolute Gasteiger partial charge is 0.324 e. The van der Waals surface area contributed by atoms with Crippen LogP contribution in [0.1, 0.15) is 58.1 Å². The standard InChI is InChI=1S/C17H25F2N/c1-17(2,3)12-6-4-11(5-7-12)16(20)14-10-13(18)8-9-15(14)19/h8-12,16H,4-7,20H2,1-3H3. The average molecular weight is 281 g/mol. The van der Waals surface area contributed by atoms with Crippen molar-refractivity contribution in [2.75, 3.05) is 0 Å². The van der Waals surface area contributed by atoms with Gasteiger partial charge in [0, 0.05) is 11.6 Å². The van der Waals surface area contributed by atoms with Crippen molar-refractivity contribution in [1.82, 2.24) is 0 Å². The van der Waals surface area contributed by atoms with E-state index in [9.17, 15) is 8.78 Å². The number of hydrogen-bond acceptors (Lipinski definition) is 1. The summed E-state index contributed by atoms with van der Waals surface area (Å²) >= 11 is 0. The summed E-state index contributed by atoms with van der Waals surface area (Å²) in [7, 11) is 0. The Labute approximate surface area is 120 Å². The van der Waals surface area contributed by atoms with Crippen LogP contribution in [0.5, 0.6) is 0 Å². The molecule has 1 saturated carbocycles. The summed E-state index contributed by atoms with van der Waals surface area (Å²) < 4.78 is 27.1. The third kappa shape index (κ3) is 3.38. The number of benzene rings is 1. The monoisotopic (exact) mass is 281 g/mol. The molecule has 20 heavy (non-hydrogen) atoms. The summed E-state index contributed by atoms with van der Waals surface area (Å²) in [5.74, 6) is 0.144. The minimum atomic E-state index is -0.416. The van der Waals surface area contributed by atoms with Crippen LogP contribution in [-0.4, -0.2) is 0 Å². The highest BCUT2D eigenvalue weighted by Crippen LogP contribution is 2.43. The molecule has 0 saturated heterocycles. The molecule has 0 amide bonds. The van der Waals surface area contributed by atoms with E-state index in [1.54, 1.807) is 0 Å². The molecule has 1 unspecified atom stereocenters. The minimum absolute atomic E-state index is 0.255. The predicted molar refractivity (Wildman–Crippen MR) is 78.2 cm³/mol. The number of hydrogen-bond donors (Lipinski definition) is 1. The molecule has 112 valence electrons. The molecule has 0 aliphatic heterocycles. The van der Waals surface area contributed by atoms with Crippen LogP contribution in [0.2, 0.25) is 0 Å². The lowest BCUT2D eigenvalue weighted by Crippen LogP contribution is -2.31. The summed E-state index contributed by atoms with van der Waals surface area (Å²) in [5.41, 5.74) is 6.83. The molecular weight excluding hydrogens is 256 g/mol. The second-order valence-electron chi connectivity index (χ2n) is 7.17. The van der Waals surface area contributed by atoms with Crippen molar-refractivity contribution in [2.45, 2.75) is 52.5 Å². The number of rotatable bonds is 2. The third-order valence-corrected chi connectivity index (χ3v) is 4.82. The molecule has 2 N–H and O–H groups in total. The van der Waals surface area contributed by atoms with Crippen LogP contribution >= 0.6 is 0 Å². The zero-order valence-corrected chi connectivity index (χ0v) is 12.6. The van der Waals surface area contributed by atoms with Crippen molar-refractivity contribution in [2.24, 2.45) is 23.0 Å². The first kappa shape index (κ1) is 15.4. The van der Waals surface area contributed by atoms with E-state index in [-0.39, 0.29) is 5.92 Å². The van der Waals surface area contributed by atoms with Crippen molar-refractivity contribution in [3.63, 3.8) is 0 Å². The van der Waals surface area contributed by atoms with E-state index in [1.807, 2.05) is 0 Å². The zero-order valence-electron chi connectivity index (χ0n) is 12.6. The molecule has 1 aliphatic rings. The molecule has 2 rings (SSSR count). The van der Waals surface area contributed by atoms with Crippen molar-refractivity contribution < 1.29 is 8.78 Å². The van der Waals surface area contributed by atoms with Crippen molar-refractivity contribution in [3.8, 4) is 0 Å². The molecule has 0 bridgehead atoms. The predicted octanol–water partition coefficient (Wildman–Crippen LogP) is 4.82. The van der Waals surface area contributed by atoms with Crippen molar-refractivity contribution in [3.05, 3.63) is 35.4 Å². The summed E-state index contributed by atoms with van der Waals surface area (Å²) in [5, 5.41) is 0. The molecule has 1 aliphatic carbocycles. The maximum Gasteiger partial charge on any atom is 0.128 e. The van der Waals surface area contributed by atoms with E-state index in [0.717, 1.165) is 31.7 Å². The molecule has 1 aromatic carbocycles. The third-order valence-electron chi connectivity index (χ3n) is 4.82. The maximum absolute atomic E-state index is 13.8. The van der Waals surface area contributed by atoms with Crippen LogP contribution in [0.15, 0.2) is 18.2 Å². The van der Waals surface area contributed by atoms with Crippen LogP contribution in [0.3, 0.4) is 0 Å². The van der Waals surface area contributed by atoms with Gasteiger partial charge in [-0.05, 0) is 61.1 Å². The van der Waals surface area contributed by atoms with Crippen molar-refractivity contribution in [1.29, 1.82) is 0 Å². The molecule has 0 spiro atoms. The molecule has 1 atom stereocenters. The van der Waals surface area contributed by atoms with E-state index < -0.39 is 17.7 Å². The molecular formula is C17H25F2N. The van der Waals surface area contributed by atoms with E-state index in [0.29, 0.717) is 16.9 Å². The molecule has 3 heteroatoms. The fourth-order valence-corrected chi connectivity index (χ4v) is 3.37. The van der Waals surface area contributed by atoms with Gasteiger partial charge in [0.05, 0.1) is 0 Å². The second-order valence-corrected chi connectivity index (χ2v) is 7.17. The van der Waals surface area contributed by atoms with Crippen LogP contribution in [0.4, 0.5) is 8.78 Å². The first-order valence-corrected chi connectivity index (χ1v) is 7.49. The molecule has 0 aromatic heterocycles.